The zero-order chi connectivity index (χ0) is 15.4. The van der Waals surface area contributed by atoms with Crippen molar-refractivity contribution in [2.75, 3.05) is 5.32 Å². The maximum absolute atomic E-state index is 11.5. The highest BCUT2D eigenvalue weighted by Gasteiger charge is 2.12. The van der Waals surface area contributed by atoms with Crippen molar-refractivity contribution in [3.05, 3.63) is 58.8 Å². The molecule has 6 nitrogen and oxygen atoms in total. The molecule has 0 fully saturated rings. The zero-order valence-corrected chi connectivity index (χ0v) is 11.5. The van der Waals surface area contributed by atoms with Gasteiger partial charge in [-0.1, -0.05) is 12.1 Å². The highest BCUT2D eigenvalue weighted by molar-refractivity contribution is 5.99. The molecule has 0 aliphatic heterocycles. The number of pyridine rings is 1. The van der Waals surface area contributed by atoms with Gasteiger partial charge in [-0.25, -0.2) is 9.78 Å². The first-order chi connectivity index (χ1) is 9.99. The molecule has 1 aromatic heterocycles. The SMILES string of the molecule is Cc1ccnc(NCc2ccc(C(=O)O)cc2)c1C(N)=O. The number of benzene rings is 1. The van der Waals surface area contributed by atoms with Gasteiger partial charge in [-0.05, 0) is 36.2 Å². The molecular formula is C15H15N3O3. The topological polar surface area (TPSA) is 105 Å². The molecule has 1 amide bonds. The average Bonchev–Trinajstić information content (AvgIpc) is 2.45. The van der Waals surface area contributed by atoms with Crippen molar-refractivity contribution in [1.82, 2.24) is 4.98 Å². The van der Waals surface area contributed by atoms with Crippen molar-refractivity contribution in [2.45, 2.75) is 13.5 Å². The number of aromatic nitrogens is 1. The van der Waals surface area contributed by atoms with Crippen molar-refractivity contribution >= 4 is 17.7 Å². The van der Waals surface area contributed by atoms with Gasteiger partial charge in [0.2, 0.25) is 0 Å². The Morgan fingerprint density at radius 1 is 1.24 bits per heavy atom. The minimum absolute atomic E-state index is 0.227. The smallest absolute Gasteiger partial charge is 0.335 e. The summed E-state index contributed by atoms with van der Waals surface area (Å²) in [5.41, 5.74) is 7.57. The lowest BCUT2D eigenvalue weighted by Crippen LogP contribution is -2.17. The number of anilines is 1. The van der Waals surface area contributed by atoms with Gasteiger partial charge < -0.3 is 16.2 Å². The van der Waals surface area contributed by atoms with E-state index in [1.54, 1.807) is 31.3 Å². The Hall–Kier alpha value is -2.89. The third kappa shape index (κ3) is 3.36. The number of carbonyl (C=O) groups excluding carboxylic acids is 1. The molecule has 0 aliphatic carbocycles. The van der Waals surface area contributed by atoms with E-state index in [4.69, 9.17) is 10.8 Å². The van der Waals surface area contributed by atoms with Crippen molar-refractivity contribution in [3.63, 3.8) is 0 Å². The minimum atomic E-state index is -0.967. The Morgan fingerprint density at radius 3 is 2.48 bits per heavy atom. The first kappa shape index (κ1) is 14.5. The summed E-state index contributed by atoms with van der Waals surface area (Å²) in [7, 11) is 0. The Morgan fingerprint density at radius 2 is 1.90 bits per heavy atom. The predicted molar refractivity (Wildman–Crippen MR) is 78.2 cm³/mol. The fourth-order valence-corrected chi connectivity index (χ4v) is 1.95. The van der Waals surface area contributed by atoms with Gasteiger partial charge in [0.25, 0.3) is 5.91 Å². The van der Waals surface area contributed by atoms with Crippen molar-refractivity contribution < 1.29 is 14.7 Å². The van der Waals surface area contributed by atoms with Crippen LogP contribution in [0.1, 0.15) is 31.8 Å². The molecule has 0 radical (unpaired) electrons. The summed E-state index contributed by atoms with van der Waals surface area (Å²) >= 11 is 0. The van der Waals surface area contributed by atoms with Crippen LogP contribution < -0.4 is 11.1 Å². The molecular weight excluding hydrogens is 270 g/mol. The third-order valence-corrected chi connectivity index (χ3v) is 3.07. The lowest BCUT2D eigenvalue weighted by Gasteiger charge is -2.11. The molecule has 2 rings (SSSR count). The van der Waals surface area contributed by atoms with E-state index in [1.165, 1.54) is 12.1 Å². The highest BCUT2D eigenvalue weighted by Crippen LogP contribution is 2.17. The van der Waals surface area contributed by atoms with Crippen LogP contribution in [0.3, 0.4) is 0 Å². The summed E-state index contributed by atoms with van der Waals surface area (Å²) in [5, 5.41) is 11.9. The van der Waals surface area contributed by atoms with Gasteiger partial charge in [0, 0.05) is 12.7 Å². The Labute approximate surface area is 121 Å². The van der Waals surface area contributed by atoms with Crippen LogP contribution in [0.25, 0.3) is 0 Å². The summed E-state index contributed by atoms with van der Waals surface area (Å²) in [4.78, 5) is 26.3. The molecule has 0 bridgehead atoms. The molecule has 21 heavy (non-hydrogen) atoms. The van der Waals surface area contributed by atoms with E-state index in [9.17, 15) is 9.59 Å². The van der Waals surface area contributed by atoms with Gasteiger partial charge in [0.05, 0.1) is 11.1 Å². The van der Waals surface area contributed by atoms with Crippen LogP contribution in [0.5, 0.6) is 0 Å². The quantitative estimate of drug-likeness (QED) is 0.776. The van der Waals surface area contributed by atoms with E-state index in [2.05, 4.69) is 10.3 Å². The molecule has 0 aliphatic rings. The number of hydrogen-bond acceptors (Lipinski definition) is 4. The average molecular weight is 285 g/mol. The van der Waals surface area contributed by atoms with Crippen molar-refractivity contribution in [3.8, 4) is 0 Å². The predicted octanol–water partition coefficient (Wildman–Crippen LogP) is 1.80. The molecule has 0 atom stereocenters. The van der Waals surface area contributed by atoms with E-state index in [0.717, 1.165) is 11.1 Å². The van der Waals surface area contributed by atoms with E-state index in [0.29, 0.717) is 17.9 Å². The summed E-state index contributed by atoms with van der Waals surface area (Å²) in [6, 6.07) is 8.18. The van der Waals surface area contributed by atoms with E-state index in [1.807, 2.05) is 0 Å². The van der Waals surface area contributed by atoms with Crippen LogP contribution in [0.15, 0.2) is 36.5 Å². The van der Waals surface area contributed by atoms with Crippen molar-refractivity contribution in [1.29, 1.82) is 0 Å². The molecule has 0 saturated heterocycles. The maximum atomic E-state index is 11.5. The maximum Gasteiger partial charge on any atom is 0.335 e. The summed E-state index contributed by atoms with van der Waals surface area (Å²) in [6.45, 7) is 2.20. The number of aryl methyl sites for hydroxylation is 1. The van der Waals surface area contributed by atoms with Crippen molar-refractivity contribution in [2.24, 2.45) is 5.73 Å². The molecule has 4 N–H and O–H groups in total. The van der Waals surface area contributed by atoms with Gasteiger partial charge in [-0.3, -0.25) is 4.79 Å². The first-order valence-electron chi connectivity index (χ1n) is 6.30. The Bertz CT molecular complexity index is 681. The number of amides is 1. The van der Waals surface area contributed by atoms with E-state index in [-0.39, 0.29) is 5.56 Å². The number of carboxylic acid groups (broad SMARTS) is 1. The molecule has 6 heteroatoms. The number of aromatic carboxylic acids is 1. The molecule has 2 aromatic rings. The number of rotatable bonds is 5. The Balaban J connectivity index is 2.15. The largest absolute Gasteiger partial charge is 0.478 e. The number of nitrogens with zero attached hydrogens (tertiary/aromatic N) is 1. The van der Waals surface area contributed by atoms with Crippen LogP contribution in [0.4, 0.5) is 5.82 Å². The van der Waals surface area contributed by atoms with Gasteiger partial charge in [0.15, 0.2) is 0 Å². The van der Waals surface area contributed by atoms with Gasteiger partial charge >= 0.3 is 5.97 Å². The molecule has 0 spiro atoms. The Kier molecular flexibility index (Phi) is 4.18. The second-order valence-electron chi connectivity index (χ2n) is 4.57. The number of carbonyl (C=O) groups is 2. The first-order valence-corrected chi connectivity index (χ1v) is 6.30. The minimum Gasteiger partial charge on any atom is -0.478 e. The summed E-state index contributed by atoms with van der Waals surface area (Å²) in [5.74, 6) is -1.08. The summed E-state index contributed by atoms with van der Waals surface area (Å²) < 4.78 is 0. The van der Waals surface area contributed by atoms with E-state index >= 15 is 0 Å². The molecule has 0 unspecified atom stereocenters. The lowest BCUT2D eigenvalue weighted by molar-refractivity contribution is 0.0696. The lowest BCUT2D eigenvalue weighted by atomic mass is 10.1. The van der Waals surface area contributed by atoms with E-state index < -0.39 is 11.9 Å². The number of hydrogen-bond donors (Lipinski definition) is 3. The van der Waals surface area contributed by atoms with Crippen LogP contribution in [0, 0.1) is 6.92 Å². The fourth-order valence-electron chi connectivity index (χ4n) is 1.95. The van der Waals surface area contributed by atoms with Gasteiger partial charge in [0.1, 0.15) is 5.82 Å². The standard InChI is InChI=1S/C15H15N3O3/c1-9-6-7-17-14(12(9)13(16)19)18-8-10-2-4-11(5-3-10)15(20)21/h2-7H,8H2,1H3,(H2,16,19)(H,17,18)(H,20,21). The number of carboxylic acids is 1. The summed E-state index contributed by atoms with van der Waals surface area (Å²) in [6.07, 6.45) is 1.59. The van der Waals surface area contributed by atoms with Gasteiger partial charge in [-0.15, -0.1) is 0 Å². The highest BCUT2D eigenvalue weighted by atomic mass is 16.4. The van der Waals surface area contributed by atoms with Crippen LogP contribution in [-0.2, 0) is 6.54 Å². The number of nitrogens with two attached hydrogens (primary N) is 1. The van der Waals surface area contributed by atoms with Crippen LogP contribution in [0.2, 0.25) is 0 Å². The third-order valence-electron chi connectivity index (χ3n) is 3.07. The molecule has 0 saturated carbocycles. The molecule has 1 aromatic carbocycles. The zero-order valence-electron chi connectivity index (χ0n) is 11.5. The molecule has 1 heterocycles. The second kappa shape index (κ2) is 6.04. The van der Waals surface area contributed by atoms with Crippen LogP contribution >= 0.6 is 0 Å². The second-order valence-corrected chi connectivity index (χ2v) is 4.57. The monoisotopic (exact) mass is 285 g/mol. The normalized spacial score (nSPS) is 10.1. The fraction of sp³-hybridized carbons (Fsp3) is 0.133. The number of nitrogens with one attached hydrogen (secondary N) is 1. The molecule has 108 valence electrons. The number of primary amides is 1. The van der Waals surface area contributed by atoms with Crippen LogP contribution in [-0.4, -0.2) is 22.0 Å². The van der Waals surface area contributed by atoms with Gasteiger partial charge in [-0.2, -0.15) is 0 Å².